The van der Waals surface area contributed by atoms with Gasteiger partial charge < -0.3 is 4.74 Å². The second kappa shape index (κ2) is 5.80. The number of hydrogen-bond acceptors (Lipinski definition) is 4. The van der Waals surface area contributed by atoms with Gasteiger partial charge in [-0.25, -0.2) is 4.98 Å². The lowest BCUT2D eigenvalue weighted by atomic mass is 10.3. The zero-order valence-electron chi connectivity index (χ0n) is 8.89. The summed E-state index contributed by atoms with van der Waals surface area (Å²) in [5.74, 6) is 0.838. The van der Waals surface area contributed by atoms with Gasteiger partial charge in [0.15, 0.2) is 5.69 Å². The van der Waals surface area contributed by atoms with Crippen LogP contribution in [-0.4, -0.2) is 11.6 Å². The van der Waals surface area contributed by atoms with Crippen LogP contribution in [0.15, 0.2) is 34.1 Å². The van der Waals surface area contributed by atoms with Gasteiger partial charge in [0.2, 0.25) is 0 Å². The average molecular weight is 309 g/mol. The molecule has 1 aromatic heterocycles. The van der Waals surface area contributed by atoms with E-state index in [9.17, 15) is 0 Å². The van der Waals surface area contributed by atoms with Crippen LogP contribution in [-0.2, 0) is 6.42 Å². The van der Waals surface area contributed by atoms with Gasteiger partial charge in [-0.2, -0.15) is 5.26 Å². The van der Waals surface area contributed by atoms with Crippen LogP contribution in [0.5, 0.6) is 5.75 Å². The van der Waals surface area contributed by atoms with Gasteiger partial charge in [0.05, 0.1) is 11.6 Å². The van der Waals surface area contributed by atoms with E-state index in [4.69, 9.17) is 10.00 Å². The number of halogens is 1. The van der Waals surface area contributed by atoms with Crippen molar-refractivity contribution in [1.29, 1.82) is 5.26 Å². The van der Waals surface area contributed by atoms with E-state index in [0.29, 0.717) is 12.3 Å². The van der Waals surface area contributed by atoms with Crippen molar-refractivity contribution in [2.24, 2.45) is 0 Å². The lowest BCUT2D eigenvalue weighted by Gasteiger charge is -2.04. The highest BCUT2D eigenvalue weighted by Gasteiger charge is 2.01. The molecule has 0 amide bonds. The fourth-order valence-electron chi connectivity index (χ4n) is 1.26. The third-order valence-electron chi connectivity index (χ3n) is 2.06. The molecule has 1 aromatic carbocycles. The summed E-state index contributed by atoms with van der Waals surface area (Å²) < 4.78 is 6.60. The van der Waals surface area contributed by atoms with Crippen LogP contribution in [0.25, 0.3) is 0 Å². The Balaban J connectivity index is 1.83. The molecule has 0 spiro atoms. The van der Waals surface area contributed by atoms with Crippen LogP contribution in [0.1, 0.15) is 10.7 Å². The molecule has 86 valence electrons. The lowest BCUT2D eigenvalue weighted by molar-refractivity contribution is 0.321. The summed E-state index contributed by atoms with van der Waals surface area (Å²) in [6, 6.07) is 9.71. The van der Waals surface area contributed by atoms with Crippen molar-refractivity contribution < 1.29 is 4.74 Å². The molecule has 0 aliphatic rings. The van der Waals surface area contributed by atoms with Gasteiger partial charge in [-0.05, 0) is 24.3 Å². The molecule has 0 bridgehead atoms. The molecule has 0 unspecified atom stereocenters. The predicted octanol–water partition coefficient (Wildman–Crippen LogP) is 3.40. The molecule has 0 radical (unpaired) electrons. The molecule has 0 saturated heterocycles. The van der Waals surface area contributed by atoms with E-state index in [1.165, 1.54) is 11.3 Å². The van der Waals surface area contributed by atoms with E-state index in [-0.39, 0.29) is 0 Å². The normalized spacial score (nSPS) is 9.88. The molecule has 0 N–H and O–H groups in total. The SMILES string of the molecule is N#Cc1csc(CCOc2ccc(Br)cc2)n1. The first-order valence-electron chi connectivity index (χ1n) is 5.01. The first kappa shape index (κ1) is 12.1. The van der Waals surface area contributed by atoms with E-state index < -0.39 is 0 Å². The van der Waals surface area contributed by atoms with Crippen molar-refractivity contribution in [1.82, 2.24) is 4.98 Å². The van der Waals surface area contributed by atoms with Crippen LogP contribution in [0, 0.1) is 11.3 Å². The molecule has 1 heterocycles. The van der Waals surface area contributed by atoms with Crippen molar-refractivity contribution in [3.8, 4) is 11.8 Å². The summed E-state index contributed by atoms with van der Waals surface area (Å²) in [5, 5.41) is 11.3. The minimum atomic E-state index is 0.480. The minimum Gasteiger partial charge on any atom is -0.493 e. The summed E-state index contributed by atoms with van der Waals surface area (Å²) in [5.41, 5.74) is 0.480. The Bertz CT molecular complexity index is 530. The Kier molecular flexibility index (Phi) is 4.13. The lowest BCUT2D eigenvalue weighted by Crippen LogP contribution is -2.00. The molecule has 17 heavy (non-hydrogen) atoms. The van der Waals surface area contributed by atoms with Gasteiger partial charge in [-0.1, -0.05) is 15.9 Å². The molecule has 0 fully saturated rings. The number of nitriles is 1. The maximum Gasteiger partial charge on any atom is 0.151 e. The molecule has 0 saturated carbocycles. The summed E-state index contributed by atoms with van der Waals surface area (Å²) in [4.78, 5) is 4.14. The second-order valence-corrected chi connectivity index (χ2v) is 5.15. The zero-order valence-corrected chi connectivity index (χ0v) is 11.3. The van der Waals surface area contributed by atoms with Gasteiger partial charge in [-0.15, -0.1) is 11.3 Å². The number of thiazole rings is 1. The van der Waals surface area contributed by atoms with Crippen LogP contribution in [0.3, 0.4) is 0 Å². The number of hydrogen-bond donors (Lipinski definition) is 0. The molecular weight excluding hydrogens is 300 g/mol. The third kappa shape index (κ3) is 3.55. The molecule has 0 aliphatic carbocycles. The highest BCUT2D eigenvalue weighted by molar-refractivity contribution is 9.10. The molecule has 5 heteroatoms. The second-order valence-electron chi connectivity index (χ2n) is 3.29. The fraction of sp³-hybridized carbons (Fsp3) is 0.167. The van der Waals surface area contributed by atoms with E-state index in [1.807, 2.05) is 30.3 Å². The number of aromatic nitrogens is 1. The Morgan fingerprint density at radius 3 is 2.76 bits per heavy atom. The van der Waals surface area contributed by atoms with Gasteiger partial charge in [0.1, 0.15) is 11.8 Å². The maximum absolute atomic E-state index is 8.64. The zero-order chi connectivity index (χ0) is 12.1. The Morgan fingerprint density at radius 2 is 2.12 bits per heavy atom. The summed E-state index contributed by atoms with van der Waals surface area (Å²) in [6.07, 6.45) is 0.725. The molecule has 3 nitrogen and oxygen atoms in total. The maximum atomic E-state index is 8.64. The van der Waals surface area contributed by atoms with Crippen molar-refractivity contribution >= 4 is 27.3 Å². The van der Waals surface area contributed by atoms with Crippen LogP contribution in [0.4, 0.5) is 0 Å². The number of ether oxygens (including phenoxy) is 1. The molecule has 2 rings (SSSR count). The van der Waals surface area contributed by atoms with E-state index in [2.05, 4.69) is 20.9 Å². The van der Waals surface area contributed by atoms with E-state index in [1.54, 1.807) is 5.38 Å². The van der Waals surface area contributed by atoms with Crippen molar-refractivity contribution in [3.63, 3.8) is 0 Å². The smallest absolute Gasteiger partial charge is 0.151 e. The van der Waals surface area contributed by atoms with Gasteiger partial charge >= 0.3 is 0 Å². The number of nitrogens with zero attached hydrogens (tertiary/aromatic N) is 2. The standard InChI is InChI=1S/C12H9BrN2OS/c13-9-1-3-11(4-2-9)16-6-5-12-15-10(7-14)8-17-12/h1-4,8H,5-6H2. The third-order valence-corrected chi connectivity index (χ3v) is 3.50. The highest BCUT2D eigenvalue weighted by atomic mass is 79.9. The summed E-state index contributed by atoms with van der Waals surface area (Å²) in [7, 11) is 0. The highest BCUT2D eigenvalue weighted by Crippen LogP contribution is 2.16. The minimum absolute atomic E-state index is 0.480. The van der Waals surface area contributed by atoms with Crippen LogP contribution >= 0.6 is 27.3 Å². The van der Waals surface area contributed by atoms with E-state index in [0.717, 1.165) is 21.7 Å². The summed E-state index contributed by atoms with van der Waals surface area (Å²) >= 11 is 4.86. The van der Waals surface area contributed by atoms with E-state index >= 15 is 0 Å². The first-order chi connectivity index (χ1) is 8.28. The van der Waals surface area contributed by atoms with Crippen LogP contribution in [0.2, 0.25) is 0 Å². The summed E-state index contributed by atoms with van der Waals surface area (Å²) in [6.45, 7) is 0.569. The fourth-order valence-corrected chi connectivity index (χ4v) is 2.23. The Hall–Kier alpha value is -1.38. The molecule has 0 atom stereocenters. The molecule has 2 aromatic rings. The van der Waals surface area contributed by atoms with Gasteiger partial charge in [0, 0.05) is 16.3 Å². The molecular formula is C12H9BrN2OS. The van der Waals surface area contributed by atoms with Gasteiger partial charge in [0.25, 0.3) is 0 Å². The average Bonchev–Trinajstić information content (AvgIpc) is 2.80. The largest absolute Gasteiger partial charge is 0.493 e. The number of rotatable bonds is 4. The van der Waals surface area contributed by atoms with Crippen molar-refractivity contribution in [3.05, 3.63) is 44.8 Å². The van der Waals surface area contributed by atoms with Crippen molar-refractivity contribution in [2.45, 2.75) is 6.42 Å². The van der Waals surface area contributed by atoms with Gasteiger partial charge in [-0.3, -0.25) is 0 Å². The molecule has 0 aliphatic heterocycles. The Labute approximate surface area is 112 Å². The number of benzene rings is 1. The Morgan fingerprint density at radius 1 is 1.35 bits per heavy atom. The van der Waals surface area contributed by atoms with Crippen molar-refractivity contribution in [2.75, 3.05) is 6.61 Å². The predicted molar refractivity (Wildman–Crippen MR) is 70.2 cm³/mol. The monoisotopic (exact) mass is 308 g/mol. The first-order valence-corrected chi connectivity index (χ1v) is 6.68. The van der Waals surface area contributed by atoms with Crippen LogP contribution < -0.4 is 4.74 Å². The quantitative estimate of drug-likeness (QED) is 0.869. The topological polar surface area (TPSA) is 45.9 Å².